The average molecular weight is 265 g/mol. The van der Waals surface area contributed by atoms with Gasteiger partial charge in [0.2, 0.25) is 0 Å². The highest BCUT2D eigenvalue weighted by Crippen LogP contribution is 2.29. The van der Waals surface area contributed by atoms with Crippen LogP contribution in [0.5, 0.6) is 0 Å². The van der Waals surface area contributed by atoms with Crippen LogP contribution in [0.1, 0.15) is 30.9 Å². The Balaban J connectivity index is 1.95. The van der Waals surface area contributed by atoms with Gasteiger partial charge in [-0.25, -0.2) is 0 Å². The number of benzene rings is 1. The first kappa shape index (κ1) is 13.9. The van der Waals surface area contributed by atoms with Crippen LogP contribution in [0, 0.1) is 13.8 Å². The molecule has 2 nitrogen and oxygen atoms in total. The van der Waals surface area contributed by atoms with E-state index in [1.165, 1.54) is 28.9 Å². The normalized spacial score (nSPS) is 18.7. The Morgan fingerprint density at radius 1 is 1.39 bits per heavy atom. The standard InChI is InChI=1S/C15H23NOS/c1-11-4-7-14(12(2)8-11)18-10-15(3,9-17)16-13-5-6-13/h4,7-8,13,16-17H,5-6,9-10H2,1-3H3. The fraction of sp³-hybridized carbons (Fsp3) is 0.600. The number of thioether (sulfide) groups is 1. The zero-order valence-electron chi connectivity index (χ0n) is 11.5. The summed E-state index contributed by atoms with van der Waals surface area (Å²) in [6.45, 7) is 6.58. The molecule has 1 aromatic carbocycles. The van der Waals surface area contributed by atoms with Gasteiger partial charge in [0, 0.05) is 22.2 Å². The van der Waals surface area contributed by atoms with Gasteiger partial charge in [0.05, 0.1) is 6.61 Å². The number of aliphatic hydroxyl groups is 1. The summed E-state index contributed by atoms with van der Waals surface area (Å²) in [6, 6.07) is 7.18. The topological polar surface area (TPSA) is 32.3 Å². The van der Waals surface area contributed by atoms with Gasteiger partial charge in [0.25, 0.3) is 0 Å². The van der Waals surface area contributed by atoms with Crippen LogP contribution < -0.4 is 5.32 Å². The Kier molecular flexibility index (Phi) is 4.36. The Bertz CT molecular complexity index is 417. The molecule has 2 N–H and O–H groups in total. The van der Waals surface area contributed by atoms with Crippen molar-refractivity contribution >= 4 is 11.8 Å². The first-order chi connectivity index (χ1) is 8.52. The zero-order chi connectivity index (χ0) is 13.2. The molecule has 0 saturated heterocycles. The summed E-state index contributed by atoms with van der Waals surface area (Å²) < 4.78 is 0. The van der Waals surface area contributed by atoms with Crippen molar-refractivity contribution in [2.45, 2.75) is 50.1 Å². The van der Waals surface area contributed by atoms with Crippen molar-refractivity contribution in [2.75, 3.05) is 12.4 Å². The van der Waals surface area contributed by atoms with Crippen molar-refractivity contribution in [1.29, 1.82) is 0 Å². The fourth-order valence-corrected chi connectivity index (χ4v) is 3.15. The van der Waals surface area contributed by atoms with Crippen LogP contribution in [-0.4, -0.2) is 29.0 Å². The second kappa shape index (κ2) is 5.64. The molecule has 100 valence electrons. The summed E-state index contributed by atoms with van der Waals surface area (Å²) in [7, 11) is 0. The molecular weight excluding hydrogens is 242 g/mol. The van der Waals surface area contributed by atoms with Crippen LogP contribution >= 0.6 is 11.8 Å². The van der Waals surface area contributed by atoms with Crippen LogP contribution in [0.3, 0.4) is 0 Å². The van der Waals surface area contributed by atoms with Gasteiger partial charge in [0.1, 0.15) is 0 Å². The Morgan fingerprint density at radius 2 is 2.11 bits per heavy atom. The van der Waals surface area contributed by atoms with E-state index in [1.54, 1.807) is 0 Å². The molecule has 18 heavy (non-hydrogen) atoms. The van der Waals surface area contributed by atoms with E-state index in [-0.39, 0.29) is 12.1 Å². The first-order valence-corrected chi connectivity index (χ1v) is 7.59. The summed E-state index contributed by atoms with van der Waals surface area (Å²) in [6.07, 6.45) is 2.51. The lowest BCUT2D eigenvalue weighted by Gasteiger charge is -2.28. The monoisotopic (exact) mass is 265 g/mol. The average Bonchev–Trinajstić information content (AvgIpc) is 3.12. The molecule has 1 aliphatic rings. The molecule has 0 aromatic heterocycles. The smallest absolute Gasteiger partial charge is 0.0618 e. The van der Waals surface area contributed by atoms with Crippen LogP contribution in [-0.2, 0) is 0 Å². The highest BCUT2D eigenvalue weighted by atomic mass is 32.2. The molecule has 3 heteroatoms. The predicted molar refractivity (Wildman–Crippen MR) is 78.3 cm³/mol. The molecule has 1 aromatic rings. The van der Waals surface area contributed by atoms with E-state index in [9.17, 15) is 5.11 Å². The van der Waals surface area contributed by atoms with Crippen LogP contribution in [0.4, 0.5) is 0 Å². The van der Waals surface area contributed by atoms with Crippen molar-refractivity contribution < 1.29 is 5.11 Å². The van der Waals surface area contributed by atoms with Gasteiger partial charge in [-0.15, -0.1) is 11.8 Å². The molecule has 1 aliphatic carbocycles. The Labute approximate surface area is 114 Å². The molecule has 0 heterocycles. The van der Waals surface area contributed by atoms with Gasteiger partial charge >= 0.3 is 0 Å². The van der Waals surface area contributed by atoms with E-state index in [0.29, 0.717) is 6.04 Å². The van der Waals surface area contributed by atoms with Gasteiger partial charge < -0.3 is 10.4 Å². The van der Waals surface area contributed by atoms with Crippen LogP contribution in [0.2, 0.25) is 0 Å². The number of nitrogens with one attached hydrogen (secondary N) is 1. The summed E-state index contributed by atoms with van der Waals surface area (Å²) in [5.41, 5.74) is 2.47. The molecule has 0 bridgehead atoms. The van der Waals surface area contributed by atoms with E-state index in [4.69, 9.17) is 0 Å². The lowest BCUT2D eigenvalue weighted by molar-refractivity contribution is 0.190. The van der Waals surface area contributed by atoms with E-state index < -0.39 is 0 Å². The quantitative estimate of drug-likeness (QED) is 0.776. The van der Waals surface area contributed by atoms with Gasteiger partial charge in [-0.2, -0.15) is 0 Å². The van der Waals surface area contributed by atoms with Crippen LogP contribution in [0.15, 0.2) is 23.1 Å². The highest BCUT2D eigenvalue weighted by Gasteiger charge is 2.32. The third kappa shape index (κ3) is 3.74. The van der Waals surface area contributed by atoms with E-state index in [2.05, 4.69) is 44.3 Å². The molecule has 1 fully saturated rings. The summed E-state index contributed by atoms with van der Waals surface area (Å²) in [5.74, 6) is 0.907. The Hall–Kier alpha value is -0.510. The van der Waals surface area contributed by atoms with E-state index in [1.807, 2.05) is 11.8 Å². The highest BCUT2D eigenvalue weighted by molar-refractivity contribution is 7.99. The second-order valence-corrected chi connectivity index (χ2v) is 6.71. The minimum atomic E-state index is -0.164. The lowest BCUT2D eigenvalue weighted by atomic mass is 10.1. The number of rotatable bonds is 6. The molecular formula is C15H23NOS. The maximum atomic E-state index is 9.58. The lowest BCUT2D eigenvalue weighted by Crippen LogP contribution is -2.49. The van der Waals surface area contributed by atoms with Crippen molar-refractivity contribution in [3.8, 4) is 0 Å². The minimum Gasteiger partial charge on any atom is -0.394 e. The maximum absolute atomic E-state index is 9.58. The van der Waals surface area contributed by atoms with Crippen LogP contribution in [0.25, 0.3) is 0 Å². The van der Waals surface area contributed by atoms with Crippen molar-refractivity contribution in [1.82, 2.24) is 5.32 Å². The van der Waals surface area contributed by atoms with Gasteiger partial charge in [-0.3, -0.25) is 0 Å². The molecule has 0 aliphatic heterocycles. The summed E-state index contributed by atoms with van der Waals surface area (Å²) >= 11 is 1.83. The molecule has 0 amide bonds. The van der Waals surface area contributed by atoms with Crippen molar-refractivity contribution in [2.24, 2.45) is 0 Å². The van der Waals surface area contributed by atoms with E-state index in [0.717, 1.165) is 5.75 Å². The number of aliphatic hydroxyl groups excluding tert-OH is 1. The minimum absolute atomic E-state index is 0.164. The van der Waals surface area contributed by atoms with Gasteiger partial charge in [-0.1, -0.05) is 17.7 Å². The Morgan fingerprint density at radius 3 is 2.67 bits per heavy atom. The largest absolute Gasteiger partial charge is 0.394 e. The fourth-order valence-electron chi connectivity index (χ4n) is 2.05. The predicted octanol–water partition coefficient (Wildman–Crippen LogP) is 2.90. The summed E-state index contributed by atoms with van der Waals surface area (Å²) in [5, 5.41) is 13.1. The van der Waals surface area contributed by atoms with Gasteiger partial charge in [0.15, 0.2) is 0 Å². The molecule has 0 spiro atoms. The second-order valence-electron chi connectivity index (χ2n) is 5.70. The van der Waals surface area contributed by atoms with Crippen molar-refractivity contribution in [3.05, 3.63) is 29.3 Å². The van der Waals surface area contributed by atoms with Gasteiger partial charge in [-0.05, 0) is 45.2 Å². The molecule has 1 unspecified atom stereocenters. The third-order valence-corrected chi connectivity index (χ3v) is 4.91. The molecule has 1 atom stereocenters. The number of hydrogen-bond acceptors (Lipinski definition) is 3. The third-order valence-electron chi connectivity index (χ3n) is 3.36. The number of aryl methyl sites for hydroxylation is 2. The first-order valence-electron chi connectivity index (χ1n) is 6.61. The summed E-state index contributed by atoms with van der Waals surface area (Å²) in [4.78, 5) is 1.32. The zero-order valence-corrected chi connectivity index (χ0v) is 12.3. The molecule has 1 saturated carbocycles. The van der Waals surface area contributed by atoms with E-state index >= 15 is 0 Å². The van der Waals surface area contributed by atoms with Crippen molar-refractivity contribution in [3.63, 3.8) is 0 Å². The SMILES string of the molecule is Cc1ccc(SCC(C)(CO)NC2CC2)c(C)c1. The number of hydrogen-bond donors (Lipinski definition) is 2. The molecule has 2 rings (SSSR count). The molecule has 0 radical (unpaired) electrons. The maximum Gasteiger partial charge on any atom is 0.0618 e.